The van der Waals surface area contributed by atoms with Gasteiger partial charge in [-0.3, -0.25) is 0 Å². The highest BCUT2D eigenvalue weighted by molar-refractivity contribution is 5.37. The maximum Gasteiger partial charge on any atom is 0.123 e. The van der Waals surface area contributed by atoms with Gasteiger partial charge in [0.2, 0.25) is 0 Å². The Bertz CT molecular complexity index is 352. The van der Waals surface area contributed by atoms with E-state index in [1.165, 1.54) is 11.1 Å². The molecule has 18 heavy (non-hydrogen) atoms. The Labute approximate surface area is 111 Å². The highest BCUT2D eigenvalue weighted by Crippen LogP contribution is 2.20. The van der Waals surface area contributed by atoms with Gasteiger partial charge in [-0.25, -0.2) is 0 Å². The first kappa shape index (κ1) is 15.0. The van der Waals surface area contributed by atoms with E-state index >= 15 is 0 Å². The predicted molar refractivity (Wildman–Crippen MR) is 76.9 cm³/mol. The summed E-state index contributed by atoms with van der Waals surface area (Å²) in [6.07, 6.45) is 2.12. The van der Waals surface area contributed by atoms with E-state index in [9.17, 15) is 0 Å². The second-order valence-corrected chi connectivity index (χ2v) is 4.81. The van der Waals surface area contributed by atoms with Gasteiger partial charge in [0, 0.05) is 12.1 Å². The summed E-state index contributed by atoms with van der Waals surface area (Å²) in [4.78, 5) is 0. The van der Waals surface area contributed by atoms with E-state index in [0.717, 1.165) is 38.2 Å². The van der Waals surface area contributed by atoms with Crippen molar-refractivity contribution >= 4 is 0 Å². The first-order chi connectivity index (χ1) is 8.71. The van der Waals surface area contributed by atoms with Gasteiger partial charge in [0.25, 0.3) is 0 Å². The monoisotopic (exact) mass is 250 g/mol. The number of nitrogens with one attached hydrogen (secondary N) is 1. The fourth-order valence-corrected chi connectivity index (χ4v) is 2.03. The van der Waals surface area contributed by atoms with Gasteiger partial charge in [-0.15, -0.1) is 0 Å². The third kappa shape index (κ3) is 4.67. The Morgan fingerprint density at radius 2 is 2.17 bits per heavy atom. The van der Waals surface area contributed by atoms with Gasteiger partial charge in [0.15, 0.2) is 0 Å². The Morgan fingerprint density at radius 3 is 2.78 bits per heavy atom. The normalized spacial score (nSPS) is 12.4. The number of benzene rings is 1. The van der Waals surface area contributed by atoms with Crippen molar-refractivity contribution in [2.75, 3.05) is 20.2 Å². The van der Waals surface area contributed by atoms with Crippen LogP contribution in [0, 0.1) is 5.92 Å². The minimum absolute atomic E-state index is 0.621. The fourth-order valence-electron chi connectivity index (χ4n) is 2.03. The molecule has 0 spiro atoms. The smallest absolute Gasteiger partial charge is 0.123 e. The van der Waals surface area contributed by atoms with Crippen molar-refractivity contribution in [2.45, 2.75) is 33.2 Å². The molecule has 0 amide bonds. The molecule has 3 nitrogen and oxygen atoms in total. The number of aryl methyl sites for hydroxylation is 1. The van der Waals surface area contributed by atoms with Crippen LogP contribution in [-0.2, 0) is 13.0 Å². The topological polar surface area (TPSA) is 47.3 Å². The Hall–Kier alpha value is -1.06. The standard InChI is InChI=1S/C15H26N2O/c1-4-13-5-6-15(18-3)14(9-13)11-17-10-12(2)7-8-16/h5-6,9,12,17H,4,7-8,10-11,16H2,1-3H3. The minimum atomic E-state index is 0.621. The van der Waals surface area contributed by atoms with E-state index in [-0.39, 0.29) is 0 Å². The van der Waals surface area contributed by atoms with E-state index in [4.69, 9.17) is 10.5 Å². The molecule has 102 valence electrons. The van der Waals surface area contributed by atoms with E-state index < -0.39 is 0 Å². The Balaban J connectivity index is 2.54. The molecule has 0 aromatic heterocycles. The summed E-state index contributed by atoms with van der Waals surface area (Å²) in [7, 11) is 1.72. The summed E-state index contributed by atoms with van der Waals surface area (Å²) >= 11 is 0. The molecule has 0 fully saturated rings. The predicted octanol–water partition coefficient (Wildman–Crippen LogP) is 2.33. The van der Waals surface area contributed by atoms with Gasteiger partial charge in [0.1, 0.15) is 5.75 Å². The second kappa shape index (κ2) is 8.11. The lowest BCUT2D eigenvalue weighted by molar-refractivity contribution is 0.405. The van der Waals surface area contributed by atoms with Gasteiger partial charge < -0.3 is 15.8 Å². The zero-order chi connectivity index (χ0) is 13.4. The molecule has 0 radical (unpaired) electrons. The molecule has 3 N–H and O–H groups in total. The average molecular weight is 250 g/mol. The highest BCUT2D eigenvalue weighted by atomic mass is 16.5. The average Bonchev–Trinajstić information content (AvgIpc) is 2.39. The van der Waals surface area contributed by atoms with Crippen LogP contribution >= 0.6 is 0 Å². The summed E-state index contributed by atoms with van der Waals surface area (Å²) in [5, 5.41) is 3.48. The molecule has 1 rings (SSSR count). The molecule has 0 aliphatic rings. The zero-order valence-electron chi connectivity index (χ0n) is 11.8. The molecule has 1 aromatic rings. The van der Waals surface area contributed by atoms with Crippen LogP contribution in [0.1, 0.15) is 31.4 Å². The van der Waals surface area contributed by atoms with Crippen LogP contribution < -0.4 is 15.8 Å². The van der Waals surface area contributed by atoms with E-state index in [0.29, 0.717) is 5.92 Å². The molecule has 0 saturated carbocycles. The zero-order valence-corrected chi connectivity index (χ0v) is 11.8. The van der Waals surface area contributed by atoms with Gasteiger partial charge in [0.05, 0.1) is 7.11 Å². The lowest BCUT2D eigenvalue weighted by atomic mass is 10.1. The molecule has 0 aliphatic heterocycles. The number of hydrogen-bond acceptors (Lipinski definition) is 3. The van der Waals surface area contributed by atoms with E-state index in [2.05, 4.69) is 37.4 Å². The summed E-state index contributed by atoms with van der Waals surface area (Å²) < 4.78 is 5.39. The van der Waals surface area contributed by atoms with Crippen molar-refractivity contribution in [3.8, 4) is 5.75 Å². The molecule has 0 saturated heterocycles. The number of hydrogen-bond donors (Lipinski definition) is 2. The van der Waals surface area contributed by atoms with Gasteiger partial charge in [-0.1, -0.05) is 26.0 Å². The van der Waals surface area contributed by atoms with Crippen LogP contribution in [0.4, 0.5) is 0 Å². The molecule has 0 aliphatic carbocycles. The van der Waals surface area contributed by atoms with Crippen LogP contribution in [-0.4, -0.2) is 20.2 Å². The number of methoxy groups -OCH3 is 1. The first-order valence-corrected chi connectivity index (χ1v) is 6.77. The number of nitrogens with two attached hydrogens (primary N) is 1. The maximum atomic E-state index is 5.55. The highest BCUT2D eigenvalue weighted by Gasteiger charge is 2.05. The van der Waals surface area contributed by atoms with Crippen LogP contribution in [0.25, 0.3) is 0 Å². The van der Waals surface area contributed by atoms with E-state index in [1.54, 1.807) is 7.11 Å². The largest absolute Gasteiger partial charge is 0.496 e. The van der Waals surface area contributed by atoms with Gasteiger partial charge in [-0.05, 0) is 43.5 Å². The lowest BCUT2D eigenvalue weighted by Gasteiger charge is -2.14. The molecule has 1 unspecified atom stereocenters. The number of rotatable bonds is 8. The van der Waals surface area contributed by atoms with Crippen LogP contribution in [0.15, 0.2) is 18.2 Å². The quantitative estimate of drug-likeness (QED) is 0.744. The van der Waals surface area contributed by atoms with Crippen LogP contribution in [0.2, 0.25) is 0 Å². The van der Waals surface area contributed by atoms with Gasteiger partial charge in [-0.2, -0.15) is 0 Å². The van der Waals surface area contributed by atoms with Crippen molar-refractivity contribution < 1.29 is 4.74 Å². The second-order valence-electron chi connectivity index (χ2n) is 4.81. The van der Waals surface area contributed by atoms with Crippen molar-refractivity contribution in [3.63, 3.8) is 0 Å². The van der Waals surface area contributed by atoms with Crippen molar-refractivity contribution in [1.29, 1.82) is 0 Å². The molecule has 1 atom stereocenters. The molecule has 3 heteroatoms. The summed E-state index contributed by atoms with van der Waals surface area (Å²) in [6, 6.07) is 6.40. The van der Waals surface area contributed by atoms with Crippen LogP contribution in [0.3, 0.4) is 0 Å². The summed E-state index contributed by atoms with van der Waals surface area (Å²) in [5.41, 5.74) is 8.13. The molecule has 0 heterocycles. The van der Waals surface area contributed by atoms with Crippen molar-refractivity contribution in [3.05, 3.63) is 29.3 Å². The third-order valence-corrected chi connectivity index (χ3v) is 3.22. The summed E-state index contributed by atoms with van der Waals surface area (Å²) in [5.74, 6) is 1.58. The van der Waals surface area contributed by atoms with Crippen molar-refractivity contribution in [2.24, 2.45) is 11.7 Å². The van der Waals surface area contributed by atoms with E-state index in [1.807, 2.05) is 0 Å². The maximum absolute atomic E-state index is 5.55. The molecule has 1 aromatic carbocycles. The van der Waals surface area contributed by atoms with Gasteiger partial charge >= 0.3 is 0 Å². The Kier molecular flexibility index (Phi) is 6.76. The molecule has 0 bridgehead atoms. The Morgan fingerprint density at radius 1 is 1.39 bits per heavy atom. The number of ether oxygens (including phenoxy) is 1. The first-order valence-electron chi connectivity index (χ1n) is 6.77. The SMILES string of the molecule is CCc1ccc(OC)c(CNCC(C)CCN)c1. The third-order valence-electron chi connectivity index (χ3n) is 3.22. The summed E-state index contributed by atoms with van der Waals surface area (Å²) in [6.45, 7) is 7.00. The molecular weight excluding hydrogens is 224 g/mol. The van der Waals surface area contributed by atoms with Crippen LogP contribution in [0.5, 0.6) is 5.75 Å². The molecular formula is C15H26N2O. The van der Waals surface area contributed by atoms with Crippen molar-refractivity contribution in [1.82, 2.24) is 5.32 Å². The fraction of sp³-hybridized carbons (Fsp3) is 0.600. The minimum Gasteiger partial charge on any atom is -0.496 e. The lowest BCUT2D eigenvalue weighted by Crippen LogP contribution is -2.22.